The van der Waals surface area contributed by atoms with Crippen molar-refractivity contribution in [1.29, 1.82) is 0 Å². The quantitative estimate of drug-likeness (QED) is 0.870. The monoisotopic (exact) mass is 377 g/mol. The number of hydrogen-bond acceptors (Lipinski definition) is 3. The largest absolute Gasteiger partial charge is 0.369 e. The molecule has 1 aliphatic heterocycles. The van der Waals surface area contributed by atoms with Crippen molar-refractivity contribution in [3.05, 3.63) is 65.2 Å². The van der Waals surface area contributed by atoms with Crippen molar-refractivity contribution in [2.45, 2.75) is 38.1 Å². The Morgan fingerprint density at radius 3 is 2.61 bits per heavy atom. The molecule has 0 saturated carbocycles. The van der Waals surface area contributed by atoms with E-state index in [4.69, 9.17) is 0 Å². The van der Waals surface area contributed by atoms with Crippen LogP contribution in [0.2, 0.25) is 0 Å². The minimum absolute atomic E-state index is 0.175. The van der Waals surface area contributed by atoms with Gasteiger partial charge in [-0.15, -0.1) is 0 Å². The van der Waals surface area contributed by atoms with Gasteiger partial charge in [0, 0.05) is 44.3 Å². The van der Waals surface area contributed by atoms with Gasteiger partial charge in [0.2, 0.25) is 5.91 Å². The first kappa shape index (κ1) is 19.0. The SMILES string of the molecule is CN1CCN(c2cccc3c2CC(NC(=O)CCc2ccccc2)CC3)CC1. The Morgan fingerprint density at radius 2 is 1.82 bits per heavy atom. The van der Waals surface area contributed by atoms with Crippen LogP contribution >= 0.6 is 0 Å². The molecule has 4 heteroatoms. The average Bonchev–Trinajstić information content (AvgIpc) is 2.73. The van der Waals surface area contributed by atoms with E-state index in [0.717, 1.165) is 51.9 Å². The summed E-state index contributed by atoms with van der Waals surface area (Å²) in [4.78, 5) is 17.4. The number of likely N-dealkylation sites (N-methyl/N-ethyl adjacent to an activating group) is 1. The molecule has 2 aliphatic rings. The Morgan fingerprint density at radius 1 is 1.04 bits per heavy atom. The fraction of sp³-hybridized carbons (Fsp3) is 0.458. The van der Waals surface area contributed by atoms with E-state index in [9.17, 15) is 4.79 Å². The lowest BCUT2D eigenvalue weighted by Gasteiger charge is -2.37. The molecule has 1 heterocycles. The summed E-state index contributed by atoms with van der Waals surface area (Å²) in [5.74, 6) is 0.175. The second-order valence-corrected chi connectivity index (χ2v) is 8.20. The van der Waals surface area contributed by atoms with Gasteiger partial charge in [0.1, 0.15) is 0 Å². The number of amides is 1. The first-order chi connectivity index (χ1) is 13.7. The molecule has 28 heavy (non-hydrogen) atoms. The van der Waals surface area contributed by atoms with Crippen LogP contribution in [-0.4, -0.2) is 50.1 Å². The van der Waals surface area contributed by atoms with Gasteiger partial charge >= 0.3 is 0 Å². The van der Waals surface area contributed by atoms with E-state index in [1.54, 1.807) is 0 Å². The number of nitrogens with one attached hydrogen (secondary N) is 1. The van der Waals surface area contributed by atoms with E-state index >= 15 is 0 Å². The van der Waals surface area contributed by atoms with Crippen LogP contribution in [0.25, 0.3) is 0 Å². The Bertz CT molecular complexity index is 797. The number of benzene rings is 2. The zero-order chi connectivity index (χ0) is 19.3. The van der Waals surface area contributed by atoms with Gasteiger partial charge in [-0.25, -0.2) is 0 Å². The fourth-order valence-corrected chi connectivity index (χ4v) is 4.44. The second-order valence-electron chi connectivity index (χ2n) is 8.20. The number of carbonyl (C=O) groups is 1. The zero-order valence-electron chi connectivity index (χ0n) is 16.9. The number of carbonyl (C=O) groups excluding carboxylic acids is 1. The standard InChI is InChI=1S/C24H31N3O/c1-26-14-16-27(17-15-26)23-9-5-8-20-11-12-21(18-22(20)23)25-24(28)13-10-19-6-3-2-4-7-19/h2-9,21H,10-18H2,1H3,(H,25,28). The summed E-state index contributed by atoms with van der Waals surface area (Å²) in [6.45, 7) is 4.40. The van der Waals surface area contributed by atoms with Crippen LogP contribution in [-0.2, 0) is 24.1 Å². The van der Waals surface area contributed by atoms with Crippen LogP contribution in [0.4, 0.5) is 5.69 Å². The first-order valence-electron chi connectivity index (χ1n) is 10.6. The third-order valence-electron chi connectivity index (χ3n) is 6.15. The number of aryl methyl sites for hydroxylation is 2. The van der Waals surface area contributed by atoms with Gasteiger partial charge in [-0.05, 0) is 55.5 Å². The summed E-state index contributed by atoms with van der Waals surface area (Å²) in [7, 11) is 2.19. The van der Waals surface area contributed by atoms with Gasteiger partial charge in [0.05, 0.1) is 0 Å². The summed E-state index contributed by atoms with van der Waals surface area (Å²) in [6, 6.07) is 17.2. The highest BCUT2D eigenvalue weighted by molar-refractivity contribution is 5.76. The van der Waals surface area contributed by atoms with Gasteiger partial charge in [-0.3, -0.25) is 4.79 Å². The molecule has 1 saturated heterocycles. The maximum atomic E-state index is 12.5. The molecule has 1 atom stereocenters. The van der Waals surface area contributed by atoms with Gasteiger partial charge in [-0.1, -0.05) is 42.5 Å². The third kappa shape index (κ3) is 4.56. The normalized spacial score (nSPS) is 19.9. The second kappa shape index (κ2) is 8.78. The van der Waals surface area contributed by atoms with Crippen LogP contribution in [0, 0.1) is 0 Å². The highest BCUT2D eigenvalue weighted by Gasteiger charge is 2.25. The van der Waals surface area contributed by atoms with Crippen LogP contribution in [0.5, 0.6) is 0 Å². The molecule has 148 valence electrons. The molecule has 2 aromatic rings. The minimum Gasteiger partial charge on any atom is -0.369 e. The van der Waals surface area contributed by atoms with E-state index in [2.05, 4.69) is 52.5 Å². The van der Waals surface area contributed by atoms with E-state index in [-0.39, 0.29) is 11.9 Å². The average molecular weight is 378 g/mol. The van der Waals surface area contributed by atoms with E-state index in [1.165, 1.54) is 22.4 Å². The number of fused-ring (bicyclic) bond motifs is 1. The maximum Gasteiger partial charge on any atom is 0.220 e. The highest BCUT2D eigenvalue weighted by atomic mass is 16.1. The lowest BCUT2D eigenvalue weighted by Crippen LogP contribution is -2.45. The van der Waals surface area contributed by atoms with E-state index < -0.39 is 0 Å². The molecular weight excluding hydrogens is 346 g/mol. The summed E-state index contributed by atoms with van der Waals surface area (Å²) >= 11 is 0. The van der Waals surface area contributed by atoms with Gasteiger partial charge < -0.3 is 15.1 Å². The molecule has 0 spiro atoms. The molecule has 1 N–H and O–H groups in total. The molecule has 1 aliphatic carbocycles. The molecular formula is C24H31N3O. The number of hydrogen-bond donors (Lipinski definition) is 1. The lowest BCUT2D eigenvalue weighted by atomic mass is 9.86. The van der Waals surface area contributed by atoms with E-state index in [0.29, 0.717) is 6.42 Å². The fourth-order valence-electron chi connectivity index (χ4n) is 4.44. The number of rotatable bonds is 5. The maximum absolute atomic E-state index is 12.5. The van der Waals surface area contributed by atoms with Crippen LogP contribution in [0.3, 0.4) is 0 Å². The molecule has 4 nitrogen and oxygen atoms in total. The summed E-state index contributed by atoms with van der Waals surface area (Å²) in [5, 5.41) is 3.30. The predicted molar refractivity (Wildman–Crippen MR) is 115 cm³/mol. The van der Waals surface area contributed by atoms with Crippen LogP contribution < -0.4 is 10.2 Å². The first-order valence-corrected chi connectivity index (χ1v) is 10.6. The molecule has 1 amide bonds. The lowest BCUT2D eigenvalue weighted by molar-refractivity contribution is -0.121. The van der Waals surface area contributed by atoms with E-state index in [1.807, 2.05) is 18.2 Å². The number of anilines is 1. The molecule has 0 bridgehead atoms. The summed E-state index contributed by atoms with van der Waals surface area (Å²) in [5.41, 5.74) is 5.52. The molecule has 0 radical (unpaired) electrons. The van der Waals surface area contributed by atoms with Gasteiger partial charge in [0.25, 0.3) is 0 Å². The smallest absolute Gasteiger partial charge is 0.220 e. The van der Waals surface area contributed by atoms with Crippen molar-refractivity contribution < 1.29 is 4.79 Å². The Hall–Kier alpha value is -2.33. The Kier molecular flexibility index (Phi) is 5.96. The molecule has 1 unspecified atom stereocenters. The topological polar surface area (TPSA) is 35.6 Å². The summed E-state index contributed by atoms with van der Waals surface area (Å²) in [6.07, 6.45) is 4.42. The van der Waals surface area contributed by atoms with Crippen LogP contribution in [0.1, 0.15) is 29.5 Å². The molecule has 0 aromatic heterocycles. The van der Waals surface area contributed by atoms with Crippen molar-refractivity contribution in [2.75, 3.05) is 38.1 Å². The van der Waals surface area contributed by atoms with Crippen molar-refractivity contribution in [3.8, 4) is 0 Å². The Balaban J connectivity index is 1.38. The molecule has 1 fully saturated rings. The predicted octanol–water partition coefficient (Wildman–Crippen LogP) is 3.04. The third-order valence-corrected chi connectivity index (χ3v) is 6.15. The van der Waals surface area contributed by atoms with Crippen molar-refractivity contribution in [2.24, 2.45) is 0 Å². The number of nitrogens with zero attached hydrogens (tertiary/aromatic N) is 2. The number of piperazine rings is 1. The minimum atomic E-state index is 0.175. The van der Waals surface area contributed by atoms with Gasteiger partial charge in [-0.2, -0.15) is 0 Å². The van der Waals surface area contributed by atoms with Crippen molar-refractivity contribution in [3.63, 3.8) is 0 Å². The summed E-state index contributed by atoms with van der Waals surface area (Å²) < 4.78 is 0. The van der Waals surface area contributed by atoms with Crippen molar-refractivity contribution >= 4 is 11.6 Å². The highest BCUT2D eigenvalue weighted by Crippen LogP contribution is 2.31. The van der Waals surface area contributed by atoms with Crippen LogP contribution in [0.15, 0.2) is 48.5 Å². The zero-order valence-corrected chi connectivity index (χ0v) is 16.9. The molecule has 2 aromatic carbocycles. The molecule has 4 rings (SSSR count). The Labute approximate surface area is 168 Å². The van der Waals surface area contributed by atoms with Gasteiger partial charge in [0.15, 0.2) is 0 Å². The van der Waals surface area contributed by atoms with Crippen molar-refractivity contribution in [1.82, 2.24) is 10.2 Å².